The number of carbonyl (C=O) groups is 2. The summed E-state index contributed by atoms with van der Waals surface area (Å²) in [5.74, 6) is 0.191. The standard InChI is InChI=1S/C22H22F3N3O3S/c1-31-16-5-3-15(4-6-16)27-8-10-28(11-9-27)20(29)13-19-21(30)26-17-12-14(22(23,24)25)2-7-18(17)32-19/h2-7,12,19H,8-11,13H2,1H3,(H,26,30). The molecule has 1 unspecified atom stereocenters. The van der Waals surface area contributed by atoms with Crippen LogP contribution in [-0.4, -0.2) is 55.3 Å². The van der Waals surface area contributed by atoms with Crippen LogP contribution in [0.1, 0.15) is 12.0 Å². The van der Waals surface area contributed by atoms with Gasteiger partial charge in [-0.2, -0.15) is 13.2 Å². The van der Waals surface area contributed by atoms with Gasteiger partial charge in [0.05, 0.1) is 23.6 Å². The first-order chi connectivity index (χ1) is 15.2. The summed E-state index contributed by atoms with van der Waals surface area (Å²) in [6.07, 6.45) is -4.48. The lowest BCUT2D eigenvalue weighted by Gasteiger charge is -2.37. The molecule has 6 nitrogen and oxygen atoms in total. The van der Waals surface area contributed by atoms with E-state index in [9.17, 15) is 22.8 Å². The molecule has 1 saturated heterocycles. The predicted molar refractivity (Wildman–Crippen MR) is 116 cm³/mol. The van der Waals surface area contributed by atoms with Gasteiger partial charge in [0, 0.05) is 43.2 Å². The molecule has 1 atom stereocenters. The largest absolute Gasteiger partial charge is 0.497 e. The molecular formula is C22H22F3N3O3S. The molecule has 0 radical (unpaired) electrons. The zero-order valence-corrected chi connectivity index (χ0v) is 18.1. The van der Waals surface area contributed by atoms with Crippen molar-refractivity contribution in [3.63, 3.8) is 0 Å². The number of carbonyl (C=O) groups excluding carboxylic acids is 2. The van der Waals surface area contributed by atoms with Gasteiger partial charge in [0.2, 0.25) is 11.8 Å². The third kappa shape index (κ3) is 4.79. The average Bonchev–Trinajstić information content (AvgIpc) is 2.78. The van der Waals surface area contributed by atoms with Crippen LogP contribution in [0.25, 0.3) is 0 Å². The molecule has 0 aliphatic carbocycles. The van der Waals surface area contributed by atoms with E-state index in [1.165, 1.54) is 6.07 Å². The smallest absolute Gasteiger partial charge is 0.416 e. The fraction of sp³-hybridized carbons (Fsp3) is 0.364. The maximum Gasteiger partial charge on any atom is 0.416 e. The zero-order chi connectivity index (χ0) is 22.9. The summed E-state index contributed by atoms with van der Waals surface area (Å²) in [4.78, 5) is 29.6. The number of amides is 2. The molecule has 4 rings (SSSR count). The summed E-state index contributed by atoms with van der Waals surface area (Å²) in [5.41, 5.74) is 0.364. The Morgan fingerprint density at radius 3 is 2.44 bits per heavy atom. The van der Waals surface area contributed by atoms with Crippen molar-refractivity contribution in [3.8, 4) is 5.75 Å². The molecule has 2 aromatic carbocycles. The van der Waals surface area contributed by atoms with E-state index in [0.29, 0.717) is 31.1 Å². The van der Waals surface area contributed by atoms with Gasteiger partial charge in [0.1, 0.15) is 5.75 Å². The fourth-order valence-corrected chi connectivity index (χ4v) is 4.84. The highest BCUT2D eigenvalue weighted by Gasteiger charge is 2.35. The number of nitrogens with zero attached hydrogens (tertiary/aromatic N) is 2. The minimum absolute atomic E-state index is 0.000498. The van der Waals surface area contributed by atoms with E-state index < -0.39 is 22.9 Å². The number of anilines is 2. The summed E-state index contributed by atoms with van der Waals surface area (Å²) in [7, 11) is 1.61. The zero-order valence-electron chi connectivity index (χ0n) is 17.3. The fourth-order valence-electron chi connectivity index (χ4n) is 3.76. The Bertz CT molecular complexity index is 1010. The van der Waals surface area contributed by atoms with E-state index in [0.717, 1.165) is 35.3 Å². The molecule has 0 saturated carbocycles. The van der Waals surface area contributed by atoms with E-state index in [-0.39, 0.29) is 18.0 Å². The Morgan fingerprint density at radius 2 is 1.81 bits per heavy atom. The lowest BCUT2D eigenvalue weighted by molar-refractivity contribution is -0.137. The van der Waals surface area contributed by atoms with E-state index in [1.54, 1.807) is 12.0 Å². The molecule has 2 amide bonds. The molecule has 0 aromatic heterocycles. The van der Waals surface area contributed by atoms with Crippen LogP contribution in [0.4, 0.5) is 24.5 Å². The van der Waals surface area contributed by atoms with E-state index in [4.69, 9.17) is 4.74 Å². The van der Waals surface area contributed by atoms with Gasteiger partial charge in [-0.15, -0.1) is 11.8 Å². The Balaban J connectivity index is 1.34. The highest BCUT2D eigenvalue weighted by Crippen LogP contribution is 2.40. The topological polar surface area (TPSA) is 61.9 Å². The van der Waals surface area contributed by atoms with Crippen LogP contribution in [-0.2, 0) is 15.8 Å². The average molecular weight is 465 g/mol. The molecule has 1 fully saturated rings. The second kappa shape index (κ2) is 8.93. The lowest BCUT2D eigenvalue weighted by Crippen LogP contribution is -2.49. The van der Waals surface area contributed by atoms with Crippen LogP contribution < -0.4 is 15.0 Å². The molecule has 2 aliphatic heterocycles. The van der Waals surface area contributed by atoms with Crippen molar-refractivity contribution < 1.29 is 27.5 Å². The Labute approximate surface area is 187 Å². The molecule has 170 valence electrons. The molecule has 0 spiro atoms. The number of methoxy groups -OCH3 is 1. The van der Waals surface area contributed by atoms with Gasteiger partial charge >= 0.3 is 6.18 Å². The number of nitrogens with one attached hydrogen (secondary N) is 1. The maximum atomic E-state index is 12.9. The van der Waals surface area contributed by atoms with Crippen LogP contribution in [0.15, 0.2) is 47.4 Å². The van der Waals surface area contributed by atoms with Crippen molar-refractivity contribution in [2.24, 2.45) is 0 Å². The van der Waals surface area contributed by atoms with Crippen molar-refractivity contribution in [2.45, 2.75) is 22.7 Å². The van der Waals surface area contributed by atoms with E-state index >= 15 is 0 Å². The van der Waals surface area contributed by atoms with Crippen LogP contribution in [0.2, 0.25) is 0 Å². The Hall–Kier alpha value is -2.88. The second-order valence-electron chi connectivity index (χ2n) is 7.57. The summed E-state index contributed by atoms with van der Waals surface area (Å²) in [5, 5.41) is 1.84. The number of ether oxygens (including phenoxy) is 1. The molecule has 2 aliphatic rings. The first-order valence-electron chi connectivity index (χ1n) is 10.1. The van der Waals surface area contributed by atoms with Crippen LogP contribution in [0.3, 0.4) is 0 Å². The third-order valence-electron chi connectivity index (χ3n) is 5.56. The van der Waals surface area contributed by atoms with Crippen molar-refractivity contribution in [1.82, 2.24) is 4.90 Å². The van der Waals surface area contributed by atoms with Crippen molar-refractivity contribution in [1.29, 1.82) is 0 Å². The number of halogens is 3. The lowest BCUT2D eigenvalue weighted by atomic mass is 10.1. The van der Waals surface area contributed by atoms with Gasteiger partial charge < -0.3 is 19.9 Å². The highest BCUT2D eigenvalue weighted by atomic mass is 32.2. The predicted octanol–water partition coefficient (Wildman–Crippen LogP) is 3.87. The van der Waals surface area contributed by atoms with E-state index in [2.05, 4.69) is 10.2 Å². The Morgan fingerprint density at radius 1 is 1.12 bits per heavy atom. The molecule has 32 heavy (non-hydrogen) atoms. The minimum atomic E-state index is -4.48. The van der Waals surface area contributed by atoms with E-state index in [1.807, 2.05) is 24.3 Å². The highest BCUT2D eigenvalue weighted by molar-refractivity contribution is 8.01. The molecule has 2 aromatic rings. The van der Waals surface area contributed by atoms with Crippen molar-refractivity contribution in [2.75, 3.05) is 43.5 Å². The molecule has 2 heterocycles. The summed E-state index contributed by atoms with van der Waals surface area (Å²) >= 11 is 1.13. The molecule has 10 heteroatoms. The SMILES string of the molecule is COc1ccc(N2CCN(C(=O)CC3Sc4ccc(C(F)(F)F)cc4NC3=O)CC2)cc1. The first kappa shape index (κ1) is 22.3. The monoisotopic (exact) mass is 465 g/mol. The quantitative estimate of drug-likeness (QED) is 0.743. The number of fused-ring (bicyclic) bond motifs is 1. The van der Waals surface area contributed by atoms with Crippen LogP contribution in [0, 0.1) is 0 Å². The number of hydrogen-bond acceptors (Lipinski definition) is 5. The molecule has 0 bridgehead atoms. The molecule has 1 N–H and O–H groups in total. The summed E-state index contributed by atoms with van der Waals surface area (Å²) in [6.45, 7) is 2.42. The second-order valence-corrected chi connectivity index (χ2v) is 8.82. The van der Waals surface area contributed by atoms with Gasteiger partial charge in [-0.3, -0.25) is 9.59 Å². The normalized spacial score (nSPS) is 18.8. The van der Waals surface area contributed by atoms with Crippen LogP contribution in [0.5, 0.6) is 5.75 Å². The van der Waals surface area contributed by atoms with Gasteiger partial charge in [0.25, 0.3) is 0 Å². The van der Waals surface area contributed by atoms with Crippen molar-refractivity contribution in [3.05, 3.63) is 48.0 Å². The number of rotatable bonds is 4. The first-order valence-corrected chi connectivity index (χ1v) is 11.0. The Kier molecular flexibility index (Phi) is 6.23. The van der Waals surface area contributed by atoms with Crippen molar-refractivity contribution >= 4 is 35.0 Å². The van der Waals surface area contributed by atoms with Gasteiger partial charge in [0.15, 0.2) is 0 Å². The number of alkyl halides is 3. The van der Waals surface area contributed by atoms with Crippen LogP contribution >= 0.6 is 11.8 Å². The van der Waals surface area contributed by atoms with Gasteiger partial charge in [-0.1, -0.05) is 0 Å². The third-order valence-corrected chi connectivity index (χ3v) is 6.83. The van der Waals surface area contributed by atoms with Gasteiger partial charge in [-0.25, -0.2) is 0 Å². The number of hydrogen-bond donors (Lipinski definition) is 1. The minimum Gasteiger partial charge on any atom is -0.497 e. The number of benzene rings is 2. The summed E-state index contributed by atoms with van der Waals surface area (Å²) in [6, 6.07) is 11.0. The number of thioether (sulfide) groups is 1. The molecular weight excluding hydrogens is 443 g/mol. The summed E-state index contributed by atoms with van der Waals surface area (Å²) < 4.78 is 43.9. The maximum absolute atomic E-state index is 12.9. The number of piperazine rings is 1. The van der Waals surface area contributed by atoms with Gasteiger partial charge in [-0.05, 0) is 42.5 Å².